The molecule has 0 aromatic rings. The Hall–Kier alpha value is -0.610. The van der Waals surface area contributed by atoms with Gasteiger partial charge in [0, 0.05) is 19.6 Å². The van der Waals surface area contributed by atoms with Crippen LogP contribution in [0.4, 0.5) is 0 Å². The highest BCUT2D eigenvalue weighted by molar-refractivity contribution is 5.81. The summed E-state index contributed by atoms with van der Waals surface area (Å²) < 4.78 is 0. The fraction of sp³-hybridized carbons (Fsp3) is 0.929. The van der Waals surface area contributed by atoms with Gasteiger partial charge >= 0.3 is 0 Å². The molecule has 1 aliphatic rings. The number of carbonyl (C=O) groups excluding carboxylic acids is 1. The topological polar surface area (TPSA) is 43.8 Å². The highest BCUT2D eigenvalue weighted by atomic mass is 16.3. The maximum atomic E-state index is 12.4. The van der Waals surface area contributed by atoms with Crippen molar-refractivity contribution >= 4 is 5.91 Å². The standard InChI is InChI=1S/C14H28N2O2/c1-5-15(11-14(3,4)18)12(2)13(17)16-9-7-6-8-10-16/h12,18H,5-11H2,1-4H3. The first kappa shape index (κ1) is 15.4. The fourth-order valence-electron chi connectivity index (χ4n) is 2.55. The normalized spacial score (nSPS) is 19.1. The molecule has 18 heavy (non-hydrogen) atoms. The second-order valence-corrected chi connectivity index (χ2v) is 5.94. The van der Waals surface area contributed by atoms with Crippen molar-refractivity contribution in [1.82, 2.24) is 9.80 Å². The lowest BCUT2D eigenvalue weighted by Crippen LogP contribution is -2.52. The van der Waals surface area contributed by atoms with Crippen molar-refractivity contribution in [3.8, 4) is 0 Å². The van der Waals surface area contributed by atoms with Crippen molar-refractivity contribution in [2.75, 3.05) is 26.2 Å². The quantitative estimate of drug-likeness (QED) is 0.810. The second-order valence-electron chi connectivity index (χ2n) is 5.94. The Balaban J connectivity index is 2.59. The summed E-state index contributed by atoms with van der Waals surface area (Å²) >= 11 is 0. The van der Waals surface area contributed by atoms with Crippen molar-refractivity contribution < 1.29 is 9.90 Å². The van der Waals surface area contributed by atoms with Crippen LogP contribution in [0.5, 0.6) is 0 Å². The van der Waals surface area contributed by atoms with E-state index >= 15 is 0 Å². The molecule has 1 amide bonds. The van der Waals surface area contributed by atoms with E-state index in [0.29, 0.717) is 6.54 Å². The molecule has 0 saturated carbocycles. The molecule has 1 rings (SSSR count). The average molecular weight is 256 g/mol. The third-order valence-electron chi connectivity index (χ3n) is 3.57. The van der Waals surface area contributed by atoms with Crippen molar-refractivity contribution in [2.24, 2.45) is 0 Å². The Morgan fingerprint density at radius 1 is 1.33 bits per heavy atom. The Morgan fingerprint density at radius 3 is 2.33 bits per heavy atom. The van der Waals surface area contributed by atoms with Gasteiger partial charge in [-0.15, -0.1) is 0 Å². The summed E-state index contributed by atoms with van der Waals surface area (Å²) in [6.07, 6.45) is 3.48. The maximum absolute atomic E-state index is 12.4. The van der Waals surface area contributed by atoms with Gasteiger partial charge in [-0.05, 0) is 46.6 Å². The molecule has 1 fully saturated rings. The van der Waals surface area contributed by atoms with Crippen LogP contribution in [0.2, 0.25) is 0 Å². The molecule has 0 bridgehead atoms. The highest BCUT2D eigenvalue weighted by Crippen LogP contribution is 2.14. The molecule has 1 unspecified atom stereocenters. The number of carbonyl (C=O) groups is 1. The molecule has 0 radical (unpaired) electrons. The number of nitrogens with zero attached hydrogens (tertiary/aromatic N) is 2. The van der Waals surface area contributed by atoms with Crippen LogP contribution in [-0.4, -0.2) is 58.6 Å². The summed E-state index contributed by atoms with van der Waals surface area (Å²) in [7, 11) is 0. The van der Waals surface area contributed by atoms with Crippen LogP contribution in [0, 0.1) is 0 Å². The van der Waals surface area contributed by atoms with Crippen LogP contribution in [-0.2, 0) is 4.79 Å². The minimum atomic E-state index is -0.757. The van der Waals surface area contributed by atoms with Gasteiger partial charge in [-0.3, -0.25) is 9.69 Å². The van der Waals surface area contributed by atoms with E-state index in [9.17, 15) is 9.90 Å². The van der Waals surface area contributed by atoms with E-state index in [-0.39, 0.29) is 11.9 Å². The Morgan fingerprint density at radius 2 is 1.89 bits per heavy atom. The minimum Gasteiger partial charge on any atom is -0.389 e. The molecule has 1 saturated heterocycles. The van der Waals surface area contributed by atoms with E-state index in [1.807, 2.05) is 18.7 Å². The summed E-state index contributed by atoms with van der Waals surface area (Å²) in [5.74, 6) is 0.209. The van der Waals surface area contributed by atoms with Crippen LogP contribution in [0.3, 0.4) is 0 Å². The number of likely N-dealkylation sites (tertiary alicyclic amines) is 1. The van der Waals surface area contributed by atoms with E-state index in [1.54, 1.807) is 13.8 Å². The number of aliphatic hydroxyl groups is 1. The number of piperidine rings is 1. The summed E-state index contributed by atoms with van der Waals surface area (Å²) in [6.45, 7) is 10.7. The molecule has 4 heteroatoms. The van der Waals surface area contributed by atoms with Crippen molar-refractivity contribution in [1.29, 1.82) is 0 Å². The van der Waals surface area contributed by atoms with Crippen LogP contribution in [0.1, 0.15) is 47.0 Å². The molecule has 1 atom stereocenters. The van der Waals surface area contributed by atoms with Crippen LogP contribution >= 0.6 is 0 Å². The Labute approximate surface area is 111 Å². The molecule has 0 spiro atoms. The largest absolute Gasteiger partial charge is 0.389 e. The van der Waals surface area contributed by atoms with Crippen LogP contribution < -0.4 is 0 Å². The van der Waals surface area contributed by atoms with Crippen molar-refractivity contribution in [3.63, 3.8) is 0 Å². The van der Waals surface area contributed by atoms with Crippen molar-refractivity contribution in [3.05, 3.63) is 0 Å². The first-order valence-electron chi connectivity index (χ1n) is 7.10. The number of amides is 1. The summed E-state index contributed by atoms with van der Waals surface area (Å²) in [4.78, 5) is 16.4. The van der Waals surface area contributed by atoms with E-state index in [1.165, 1.54) is 6.42 Å². The summed E-state index contributed by atoms with van der Waals surface area (Å²) in [5, 5.41) is 9.89. The lowest BCUT2D eigenvalue weighted by Gasteiger charge is -2.36. The zero-order valence-electron chi connectivity index (χ0n) is 12.3. The van der Waals surface area contributed by atoms with Gasteiger partial charge in [-0.2, -0.15) is 0 Å². The number of hydrogen-bond donors (Lipinski definition) is 1. The van der Waals surface area contributed by atoms with E-state index < -0.39 is 5.60 Å². The zero-order valence-corrected chi connectivity index (χ0v) is 12.3. The summed E-state index contributed by atoms with van der Waals surface area (Å²) in [5.41, 5.74) is -0.757. The van der Waals surface area contributed by atoms with E-state index in [2.05, 4.69) is 4.90 Å². The third-order valence-corrected chi connectivity index (χ3v) is 3.57. The Bertz CT molecular complexity index is 267. The maximum Gasteiger partial charge on any atom is 0.239 e. The van der Waals surface area contributed by atoms with Gasteiger partial charge in [-0.25, -0.2) is 0 Å². The molecule has 1 heterocycles. The molecule has 4 nitrogen and oxygen atoms in total. The number of hydrogen-bond acceptors (Lipinski definition) is 3. The third kappa shape index (κ3) is 4.58. The highest BCUT2D eigenvalue weighted by Gasteiger charge is 2.29. The first-order valence-corrected chi connectivity index (χ1v) is 7.10. The lowest BCUT2D eigenvalue weighted by molar-refractivity contribution is -0.138. The molecule has 106 valence electrons. The van der Waals surface area contributed by atoms with Gasteiger partial charge in [0.1, 0.15) is 0 Å². The second kappa shape index (κ2) is 6.53. The fourth-order valence-corrected chi connectivity index (χ4v) is 2.55. The van der Waals surface area contributed by atoms with Gasteiger partial charge in [0.05, 0.1) is 11.6 Å². The predicted molar refractivity (Wildman–Crippen MR) is 73.4 cm³/mol. The SMILES string of the molecule is CCN(CC(C)(C)O)C(C)C(=O)N1CCCCC1. The molecular formula is C14H28N2O2. The van der Waals surface area contributed by atoms with Gasteiger partial charge in [0.25, 0.3) is 0 Å². The zero-order chi connectivity index (χ0) is 13.8. The lowest BCUT2D eigenvalue weighted by atomic mass is 10.1. The average Bonchev–Trinajstić information content (AvgIpc) is 2.34. The predicted octanol–water partition coefficient (Wildman–Crippen LogP) is 1.48. The summed E-state index contributed by atoms with van der Waals surface area (Å²) in [6, 6.07) is -0.139. The first-order chi connectivity index (χ1) is 8.35. The minimum absolute atomic E-state index is 0.139. The molecule has 0 aliphatic carbocycles. The molecular weight excluding hydrogens is 228 g/mol. The number of rotatable bonds is 5. The smallest absolute Gasteiger partial charge is 0.239 e. The molecule has 0 aromatic heterocycles. The van der Waals surface area contributed by atoms with Gasteiger partial charge in [0.15, 0.2) is 0 Å². The van der Waals surface area contributed by atoms with Crippen LogP contribution in [0.15, 0.2) is 0 Å². The monoisotopic (exact) mass is 256 g/mol. The molecule has 1 N–H and O–H groups in total. The molecule has 0 aromatic carbocycles. The van der Waals surface area contributed by atoms with E-state index in [4.69, 9.17) is 0 Å². The Kier molecular flexibility index (Phi) is 5.60. The van der Waals surface area contributed by atoms with E-state index in [0.717, 1.165) is 32.5 Å². The van der Waals surface area contributed by atoms with Gasteiger partial charge < -0.3 is 10.0 Å². The van der Waals surface area contributed by atoms with Crippen LogP contribution in [0.25, 0.3) is 0 Å². The van der Waals surface area contributed by atoms with Gasteiger partial charge in [-0.1, -0.05) is 6.92 Å². The van der Waals surface area contributed by atoms with Crippen molar-refractivity contribution in [2.45, 2.75) is 58.6 Å². The molecule has 1 aliphatic heterocycles. The number of likely N-dealkylation sites (N-methyl/N-ethyl adjacent to an activating group) is 1. The van der Waals surface area contributed by atoms with Gasteiger partial charge in [0.2, 0.25) is 5.91 Å².